The Labute approximate surface area is 163 Å². The van der Waals surface area contributed by atoms with E-state index in [0.29, 0.717) is 25.0 Å². The molecule has 1 aliphatic rings. The molecule has 3 aromatic heterocycles. The Morgan fingerprint density at radius 2 is 2.00 bits per heavy atom. The number of rotatable bonds is 6. The molecule has 4 rings (SSSR count). The van der Waals surface area contributed by atoms with Gasteiger partial charge in [0.05, 0.1) is 18.9 Å². The smallest absolute Gasteiger partial charge is 0.228 e. The van der Waals surface area contributed by atoms with Crippen molar-refractivity contribution < 1.29 is 4.74 Å². The molecule has 28 heavy (non-hydrogen) atoms. The number of hydrogen-bond donors (Lipinski definition) is 2. The van der Waals surface area contributed by atoms with Crippen molar-refractivity contribution in [3.63, 3.8) is 0 Å². The number of nitrogens with two attached hydrogens (primary N) is 1. The summed E-state index contributed by atoms with van der Waals surface area (Å²) in [5, 5.41) is 3.41. The van der Waals surface area contributed by atoms with E-state index < -0.39 is 0 Å². The van der Waals surface area contributed by atoms with E-state index in [1.54, 1.807) is 18.5 Å². The number of ether oxygens (including phenoxy) is 1. The van der Waals surface area contributed by atoms with E-state index in [2.05, 4.69) is 26.3 Å². The maximum Gasteiger partial charge on any atom is 0.228 e. The Bertz CT molecular complexity index is 896. The molecule has 1 fully saturated rings. The SMILES string of the molecule is Nc1ccc(-c2cc(NCCc3cccnc3)nc(N3CCOCC3)n2)cn1. The molecule has 0 bridgehead atoms. The molecule has 1 aliphatic heterocycles. The lowest BCUT2D eigenvalue weighted by Crippen LogP contribution is -2.37. The Hall–Kier alpha value is -3.26. The lowest BCUT2D eigenvalue weighted by molar-refractivity contribution is 0.122. The summed E-state index contributed by atoms with van der Waals surface area (Å²) in [4.78, 5) is 20.0. The van der Waals surface area contributed by atoms with Gasteiger partial charge in [0.2, 0.25) is 5.95 Å². The number of nitrogens with zero attached hydrogens (tertiary/aromatic N) is 5. The zero-order chi connectivity index (χ0) is 19.2. The van der Waals surface area contributed by atoms with E-state index in [1.807, 2.05) is 24.4 Å². The summed E-state index contributed by atoms with van der Waals surface area (Å²) in [7, 11) is 0. The van der Waals surface area contributed by atoms with Crippen LogP contribution in [0.4, 0.5) is 17.6 Å². The van der Waals surface area contributed by atoms with Gasteiger partial charge in [0, 0.05) is 49.9 Å². The summed E-state index contributed by atoms with van der Waals surface area (Å²) in [6, 6.07) is 9.66. The molecule has 3 N–H and O–H groups in total. The van der Waals surface area contributed by atoms with Crippen LogP contribution in [0.5, 0.6) is 0 Å². The predicted molar refractivity (Wildman–Crippen MR) is 109 cm³/mol. The number of anilines is 3. The van der Waals surface area contributed by atoms with Crippen molar-refractivity contribution in [1.82, 2.24) is 19.9 Å². The summed E-state index contributed by atoms with van der Waals surface area (Å²) < 4.78 is 5.45. The first-order valence-corrected chi connectivity index (χ1v) is 9.34. The van der Waals surface area contributed by atoms with E-state index in [9.17, 15) is 0 Å². The lowest BCUT2D eigenvalue weighted by Gasteiger charge is -2.27. The monoisotopic (exact) mass is 377 g/mol. The van der Waals surface area contributed by atoms with Gasteiger partial charge in [-0.1, -0.05) is 6.07 Å². The fourth-order valence-electron chi connectivity index (χ4n) is 3.02. The topological polar surface area (TPSA) is 102 Å². The second kappa shape index (κ2) is 8.62. The molecular formula is C20H23N7O. The molecular weight excluding hydrogens is 354 g/mol. The molecule has 0 aromatic carbocycles. The Morgan fingerprint density at radius 3 is 2.75 bits per heavy atom. The molecule has 0 radical (unpaired) electrons. The highest BCUT2D eigenvalue weighted by Gasteiger charge is 2.16. The maximum absolute atomic E-state index is 5.72. The van der Waals surface area contributed by atoms with Crippen molar-refractivity contribution in [2.45, 2.75) is 6.42 Å². The molecule has 0 saturated carbocycles. The third kappa shape index (κ3) is 4.52. The fourth-order valence-corrected chi connectivity index (χ4v) is 3.02. The normalized spacial score (nSPS) is 14.1. The van der Waals surface area contributed by atoms with E-state index in [4.69, 9.17) is 20.4 Å². The van der Waals surface area contributed by atoms with Crippen LogP contribution in [0, 0.1) is 0 Å². The first-order chi connectivity index (χ1) is 13.8. The maximum atomic E-state index is 5.72. The van der Waals surface area contributed by atoms with Crippen LogP contribution in [0.3, 0.4) is 0 Å². The van der Waals surface area contributed by atoms with Gasteiger partial charge in [-0.2, -0.15) is 4.98 Å². The average molecular weight is 377 g/mol. The van der Waals surface area contributed by atoms with Crippen LogP contribution in [-0.2, 0) is 11.2 Å². The Balaban J connectivity index is 1.56. The van der Waals surface area contributed by atoms with Crippen LogP contribution < -0.4 is 16.0 Å². The third-order valence-corrected chi connectivity index (χ3v) is 4.53. The van der Waals surface area contributed by atoms with Crippen molar-refractivity contribution in [2.75, 3.05) is 48.8 Å². The standard InChI is InChI=1S/C20H23N7O/c21-18-4-3-16(14-24-18)17-12-19(23-7-5-15-2-1-6-22-13-15)26-20(25-17)27-8-10-28-11-9-27/h1-4,6,12-14H,5,7-11H2,(H2,21,24)(H,23,25,26). The van der Waals surface area contributed by atoms with Crippen LogP contribution >= 0.6 is 0 Å². The Kier molecular flexibility index (Phi) is 5.58. The van der Waals surface area contributed by atoms with Crippen LogP contribution in [0.2, 0.25) is 0 Å². The van der Waals surface area contributed by atoms with Gasteiger partial charge in [-0.15, -0.1) is 0 Å². The molecule has 0 atom stereocenters. The second-order valence-corrected chi connectivity index (χ2v) is 6.55. The Morgan fingerprint density at radius 1 is 1.11 bits per heavy atom. The minimum absolute atomic E-state index is 0.487. The van der Waals surface area contributed by atoms with E-state index in [-0.39, 0.29) is 0 Å². The quantitative estimate of drug-likeness (QED) is 0.673. The number of hydrogen-bond acceptors (Lipinski definition) is 8. The van der Waals surface area contributed by atoms with Gasteiger partial charge in [0.15, 0.2) is 0 Å². The van der Waals surface area contributed by atoms with Gasteiger partial charge in [0.25, 0.3) is 0 Å². The predicted octanol–water partition coefficient (Wildman–Crippen LogP) is 2.01. The zero-order valence-electron chi connectivity index (χ0n) is 15.6. The van der Waals surface area contributed by atoms with Crippen molar-refractivity contribution in [3.05, 3.63) is 54.5 Å². The first kappa shape index (κ1) is 18.1. The summed E-state index contributed by atoms with van der Waals surface area (Å²) in [6.45, 7) is 3.67. The number of nitrogen functional groups attached to an aromatic ring is 1. The van der Waals surface area contributed by atoms with E-state index in [0.717, 1.165) is 43.1 Å². The van der Waals surface area contributed by atoms with Crippen LogP contribution in [0.1, 0.15) is 5.56 Å². The largest absolute Gasteiger partial charge is 0.384 e. The zero-order valence-corrected chi connectivity index (χ0v) is 15.6. The summed E-state index contributed by atoms with van der Waals surface area (Å²) in [6.07, 6.45) is 6.26. The van der Waals surface area contributed by atoms with Gasteiger partial charge in [-0.25, -0.2) is 9.97 Å². The van der Waals surface area contributed by atoms with E-state index in [1.165, 1.54) is 5.56 Å². The van der Waals surface area contributed by atoms with Crippen LogP contribution in [-0.4, -0.2) is 52.8 Å². The van der Waals surface area contributed by atoms with Gasteiger partial charge >= 0.3 is 0 Å². The fraction of sp³-hybridized carbons (Fsp3) is 0.300. The van der Waals surface area contributed by atoms with Crippen molar-refractivity contribution in [3.8, 4) is 11.3 Å². The minimum Gasteiger partial charge on any atom is -0.384 e. The highest BCUT2D eigenvalue weighted by molar-refractivity contribution is 5.64. The number of aromatic nitrogens is 4. The summed E-state index contributed by atoms with van der Waals surface area (Å²) in [5.41, 5.74) is 8.62. The van der Waals surface area contributed by atoms with E-state index >= 15 is 0 Å². The highest BCUT2D eigenvalue weighted by atomic mass is 16.5. The molecule has 1 saturated heterocycles. The van der Waals surface area contributed by atoms with Crippen molar-refractivity contribution >= 4 is 17.6 Å². The van der Waals surface area contributed by atoms with Crippen LogP contribution in [0.25, 0.3) is 11.3 Å². The first-order valence-electron chi connectivity index (χ1n) is 9.34. The molecule has 0 amide bonds. The number of nitrogens with one attached hydrogen (secondary N) is 1. The average Bonchev–Trinajstić information content (AvgIpc) is 2.75. The molecule has 0 aliphatic carbocycles. The van der Waals surface area contributed by atoms with Gasteiger partial charge in [-0.3, -0.25) is 4.98 Å². The van der Waals surface area contributed by atoms with Crippen LogP contribution in [0.15, 0.2) is 48.9 Å². The second-order valence-electron chi connectivity index (χ2n) is 6.55. The third-order valence-electron chi connectivity index (χ3n) is 4.53. The molecule has 8 nitrogen and oxygen atoms in total. The van der Waals surface area contributed by atoms with Crippen molar-refractivity contribution in [1.29, 1.82) is 0 Å². The van der Waals surface area contributed by atoms with Gasteiger partial charge < -0.3 is 20.7 Å². The van der Waals surface area contributed by atoms with Gasteiger partial charge in [-0.05, 0) is 30.2 Å². The summed E-state index contributed by atoms with van der Waals surface area (Å²) >= 11 is 0. The van der Waals surface area contributed by atoms with Gasteiger partial charge in [0.1, 0.15) is 11.6 Å². The number of morpholine rings is 1. The molecule has 0 spiro atoms. The highest BCUT2D eigenvalue weighted by Crippen LogP contribution is 2.23. The molecule has 8 heteroatoms. The lowest BCUT2D eigenvalue weighted by atomic mass is 10.2. The number of pyridine rings is 2. The molecule has 0 unspecified atom stereocenters. The minimum atomic E-state index is 0.487. The molecule has 3 aromatic rings. The summed E-state index contributed by atoms with van der Waals surface area (Å²) in [5.74, 6) is 1.97. The van der Waals surface area contributed by atoms with Crippen molar-refractivity contribution in [2.24, 2.45) is 0 Å². The molecule has 144 valence electrons. The molecule has 4 heterocycles.